The van der Waals surface area contributed by atoms with Crippen molar-refractivity contribution >= 4 is 29.5 Å². The Morgan fingerprint density at radius 2 is 1.96 bits per heavy atom. The molecule has 2 N–H and O–H groups in total. The molecule has 0 aromatic carbocycles. The van der Waals surface area contributed by atoms with E-state index in [2.05, 4.69) is 14.1 Å². The first-order chi connectivity index (χ1) is 13.2. The summed E-state index contributed by atoms with van der Waals surface area (Å²) in [5.74, 6) is -1.03. The highest BCUT2D eigenvalue weighted by atomic mass is 32.1. The first kappa shape index (κ1) is 22.1. The number of nitrogens with zero attached hydrogens (tertiary/aromatic N) is 3. The molecule has 1 aliphatic rings. The molecule has 0 amide bonds. The molecule has 156 valence electrons. The van der Waals surface area contributed by atoms with Gasteiger partial charge in [0, 0.05) is 30.8 Å². The third-order valence-corrected chi connectivity index (χ3v) is 4.16. The first-order valence-corrected chi connectivity index (χ1v) is 9.60. The zero-order chi connectivity index (χ0) is 20.7. The normalized spacial score (nSPS) is 17.4. The summed E-state index contributed by atoms with van der Waals surface area (Å²) in [6.45, 7) is 10.1. The highest BCUT2D eigenvalue weighted by Gasteiger charge is 2.30. The molecule has 28 heavy (non-hydrogen) atoms. The molecule has 2 unspecified atom stereocenters. The quantitative estimate of drug-likeness (QED) is 0.362. The van der Waals surface area contributed by atoms with Crippen LogP contribution in [0.5, 0.6) is 5.88 Å². The predicted molar refractivity (Wildman–Crippen MR) is 103 cm³/mol. The Balaban J connectivity index is 2.12. The monoisotopic (exact) mass is 414 g/mol. The topological polar surface area (TPSA) is 123 Å². The standard InChI is InChI=1S/C17H26N4O6S/c1-11(26-13(24)6-5-12(22)23)15(18-17(2,3)4)27-16-14(19-28-20-16)21-7-9-25-10-8-21/h5-6,11,15,18H,7-10H2,1-4H3,(H,22,23)/b6-5-. The fourth-order valence-electron chi connectivity index (χ4n) is 2.43. The van der Waals surface area contributed by atoms with Crippen molar-refractivity contribution in [1.29, 1.82) is 0 Å². The minimum absolute atomic E-state index is 0.342. The van der Waals surface area contributed by atoms with E-state index in [1.54, 1.807) is 6.92 Å². The van der Waals surface area contributed by atoms with Crippen molar-refractivity contribution in [3.05, 3.63) is 12.2 Å². The molecule has 1 fully saturated rings. The summed E-state index contributed by atoms with van der Waals surface area (Å²) in [7, 11) is 0. The molecule has 1 saturated heterocycles. The smallest absolute Gasteiger partial charge is 0.331 e. The van der Waals surface area contributed by atoms with Crippen LogP contribution in [0.2, 0.25) is 0 Å². The number of ether oxygens (including phenoxy) is 3. The summed E-state index contributed by atoms with van der Waals surface area (Å²) in [5, 5.41) is 11.9. The number of carboxylic acid groups (broad SMARTS) is 1. The minimum Gasteiger partial charge on any atom is -0.478 e. The number of hydrogen-bond donors (Lipinski definition) is 2. The Kier molecular flexibility index (Phi) is 7.72. The number of morpholine rings is 1. The third-order valence-electron chi connectivity index (χ3n) is 3.66. The first-order valence-electron chi connectivity index (χ1n) is 8.87. The van der Waals surface area contributed by atoms with Gasteiger partial charge in [0.2, 0.25) is 5.82 Å². The van der Waals surface area contributed by atoms with E-state index in [-0.39, 0.29) is 5.54 Å². The Bertz CT molecular complexity index is 696. The fraction of sp³-hybridized carbons (Fsp3) is 0.647. The molecule has 0 radical (unpaired) electrons. The molecule has 1 aromatic heterocycles. The largest absolute Gasteiger partial charge is 0.478 e. The van der Waals surface area contributed by atoms with E-state index in [1.165, 1.54) is 0 Å². The highest BCUT2D eigenvalue weighted by molar-refractivity contribution is 6.99. The number of carbonyl (C=O) groups is 2. The Labute approximate surface area is 167 Å². The van der Waals surface area contributed by atoms with Crippen molar-refractivity contribution in [3.63, 3.8) is 0 Å². The number of hydrogen-bond acceptors (Lipinski definition) is 10. The van der Waals surface area contributed by atoms with Gasteiger partial charge < -0.3 is 24.2 Å². The number of aromatic nitrogens is 2. The van der Waals surface area contributed by atoms with Gasteiger partial charge in [-0.05, 0) is 27.7 Å². The molecule has 2 atom stereocenters. The number of esters is 1. The van der Waals surface area contributed by atoms with Crippen molar-refractivity contribution in [3.8, 4) is 5.88 Å². The van der Waals surface area contributed by atoms with Crippen LogP contribution in [-0.4, -0.2) is 70.0 Å². The lowest BCUT2D eigenvalue weighted by atomic mass is 10.1. The number of nitrogens with one attached hydrogen (secondary N) is 1. The van der Waals surface area contributed by atoms with Gasteiger partial charge in [-0.3, -0.25) is 5.32 Å². The van der Waals surface area contributed by atoms with Gasteiger partial charge in [0.15, 0.2) is 6.23 Å². The number of rotatable bonds is 8. The van der Waals surface area contributed by atoms with E-state index in [4.69, 9.17) is 19.3 Å². The molecule has 10 nitrogen and oxygen atoms in total. The van der Waals surface area contributed by atoms with Crippen LogP contribution in [-0.2, 0) is 19.1 Å². The number of carboxylic acids is 1. The number of aliphatic carboxylic acids is 1. The minimum atomic E-state index is -1.23. The Morgan fingerprint density at radius 3 is 2.57 bits per heavy atom. The lowest BCUT2D eigenvalue weighted by Gasteiger charge is -2.32. The van der Waals surface area contributed by atoms with Crippen LogP contribution >= 0.6 is 11.7 Å². The molecule has 2 heterocycles. The summed E-state index contributed by atoms with van der Waals surface area (Å²) < 4.78 is 25.2. The summed E-state index contributed by atoms with van der Waals surface area (Å²) >= 11 is 1.04. The highest BCUT2D eigenvalue weighted by Crippen LogP contribution is 2.28. The lowest BCUT2D eigenvalue weighted by molar-refractivity contribution is -0.148. The van der Waals surface area contributed by atoms with Gasteiger partial charge >= 0.3 is 11.9 Å². The van der Waals surface area contributed by atoms with Crippen molar-refractivity contribution in [2.45, 2.75) is 45.6 Å². The third kappa shape index (κ3) is 7.06. The van der Waals surface area contributed by atoms with E-state index in [1.807, 2.05) is 25.7 Å². The zero-order valence-electron chi connectivity index (χ0n) is 16.4. The average molecular weight is 414 g/mol. The molecule has 0 saturated carbocycles. The number of carbonyl (C=O) groups excluding carboxylic acids is 1. The van der Waals surface area contributed by atoms with Gasteiger partial charge in [0.25, 0.3) is 5.88 Å². The second-order valence-electron chi connectivity index (χ2n) is 7.24. The maximum atomic E-state index is 11.8. The molecule has 11 heteroatoms. The lowest BCUT2D eigenvalue weighted by Crippen LogP contribution is -2.53. The fourth-order valence-corrected chi connectivity index (χ4v) is 2.94. The molecular weight excluding hydrogens is 388 g/mol. The van der Waals surface area contributed by atoms with E-state index in [0.717, 1.165) is 23.9 Å². The summed E-state index contributed by atoms with van der Waals surface area (Å²) in [5.41, 5.74) is -0.342. The van der Waals surface area contributed by atoms with Gasteiger partial charge in [0.05, 0.1) is 24.9 Å². The maximum absolute atomic E-state index is 11.8. The van der Waals surface area contributed by atoms with Crippen molar-refractivity contribution < 1.29 is 28.9 Å². The van der Waals surface area contributed by atoms with Crippen LogP contribution in [0.3, 0.4) is 0 Å². The van der Waals surface area contributed by atoms with Crippen LogP contribution < -0.4 is 15.0 Å². The van der Waals surface area contributed by atoms with Crippen molar-refractivity contribution in [2.75, 3.05) is 31.2 Å². The Morgan fingerprint density at radius 1 is 1.29 bits per heavy atom. The van der Waals surface area contributed by atoms with Crippen LogP contribution in [0.4, 0.5) is 5.82 Å². The molecular formula is C17H26N4O6S. The second-order valence-corrected chi connectivity index (χ2v) is 7.77. The molecule has 1 aliphatic heterocycles. The van der Waals surface area contributed by atoms with Gasteiger partial charge in [0.1, 0.15) is 6.10 Å². The molecule has 0 spiro atoms. The van der Waals surface area contributed by atoms with E-state index in [0.29, 0.717) is 38.0 Å². The Hall–Kier alpha value is -2.24. The average Bonchev–Trinajstić information content (AvgIpc) is 3.07. The zero-order valence-corrected chi connectivity index (χ0v) is 17.2. The molecule has 2 rings (SSSR count). The SMILES string of the molecule is CC(OC(=O)/C=C\C(=O)O)C(NC(C)(C)C)Oc1nsnc1N1CCOCC1. The van der Waals surface area contributed by atoms with Gasteiger partial charge in [-0.2, -0.15) is 4.37 Å². The van der Waals surface area contributed by atoms with Crippen LogP contribution in [0.25, 0.3) is 0 Å². The van der Waals surface area contributed by atoms with Gasteiger partial charge in [-0.25, -0.2) is 9.59 Å². The van der Waals surface area contributed by atoms with Crippen LogP contribution in [0.1, 0.15) is 27.7 Å². The molecule has 0 bridgehead atoms. The summed E-state index contributed by atoms with van der Waals surface area (Å²) in [4.78, 5) is 24.4. The number of anilines is 1. The van der Waals surface area contributed by atoms with Gasteiger partial charge in [-0.1, -0.05) is 0 Å². The summed E-state index contributed by atoms with van der Waals surface area (Å²) in [6, 6.07) is 0. The van der Waals surface area contributed by atoms with Crippen molar-refractivity contribution in [1.82, 2.24) is 14.1 Å². The van der Waals surface area contributed by atoms with Crippen LogP contribution in [0, 0.1) is 0 Å². The van der Waals surface area contributed by atoms with Crippen LogP contribution in [0.15, 0.2) is 12.2 Å². The van der Waals surface area contributed by atoms with E-state index in [9.17, 15) is 9.59 Å². The predicted octanol–water partition coefficient (Wildman–Crippen LogP) is 1.04. The van der Waals surface area contributed by atoms with Gasteiger partial charge in [-0.15, -0.1) is 4.37 Å². The van der Waals surface area contributed by atoms with E-state index < -0.39 is 24.3 Å². The van der Waals surface area contributed by atoms with Crippen molar-refractivity contribution in [2.24, 2.45) is 0 Å². The maximum Gasteiger partial charge on any atom is 0.331 e. The molecule has 0 aliphatic carbocycles. The summed E-state index contributed by atoms with van der Waals surface area (Å²) in [6.07, 6.45) is 0.148. The van der Waals surface area contributed by atoms with E-state index >= 15 is 0 Å². The second kappa shape index (κ2) is 9.80. The molecule has 1 aromatic rings.